The fourth-order valence-corrected chi connectivity index (χ4v) is 12.8. The molecule has 0 atom stereocenters. The monoisotopic (exact) mass is 1110 g/mol. The molecule has 10 rings (SSSR count). The van der Waals surface area contributed by atoms with Gasteiger partial charge in [-0.3, -0.25) is 0 Å². The van der Waals surface area contributed by atoms with Crippen LogP contribution >= 0.6 is 0 Å². The number of aromatic hydroxyl groups is 2. The first-order chi connectivity index (χ1) is 39.5. The first-order valence-corrected chi connectivity index (χ1v) is 30.0. The molecule has 0 aliphatic heterocycles. The van der Waals surface area contributed by atoms with E-state index in [9.17, 15) is 10.2 Å². The second kappa shape index (κ2) is 23.9. The van der Waals surface area contributed by atoms with Crippen molar-refractivity contribution in [2.45, 2.75) is 129 Å². The average molecular weight is 1110 g/mol. The number of hydrogen-bond donors (Lipinski definition) is 2. The van der Waals surface area contributed by atoms with Gasteiger partial charge in [0.2, 0.25) is 0 Å². The third-order valence-electron chi connectivity index (χ3n) is 16.5. The fourth-order valence-electron chi connectivity index (χ4n) is 12.8. The van der Waals surface area contributed by atoms with Gasteiger partial charge in [0, 0.05) is 50.9 Å². The number of phenols is 2. The number of rotatable bonds is 18. The summed E-state index contributed by atoms with van der Waals surface area (Å²) in [4.78, 5) is 0. The highest BCUT2D eigenvalue weighted by Gasteiger charge is 2.25. The van der Waals surface area contributed by atoms with E-state index >= 15 is 8.78 Å². The van der Waals surface area contributed by atoms with Crippen molar-refractivity contribution >= 4 is 43.1 Å². The number of ether oxygens (including phenoxy) is 2. The van der Waals surface area contributed by atoms with Gasteiger partial charge >= 0.3 is 0 Å². The van der Waals surface area contributed by atoms with E-state index in [4.69, 9.17) is 9.47 Å². The molecule has 0 amide bonds. The van der Waals surface area contributed by atoms with E-state index in [1.165, 1.54) is 68.8 Å². The third kappa shape index (κ3) is 12.2. The van der Waals surface area contributed by atoms with Gasteiger partial charge in [0.25, 0.3) is 0 Å². The second-order valence-corrected chi connectivity index (χ2v) is 25.7. The van der Waals surface area contributed by atoms with Crippen molar-refractivity contribution in [3.05, 3.63) is 189 Å². The standard InChI is InChI=1S/C77H82F2O4/c1-42(2)22-52-30-51(14)61-39-58-33-50(13)55(25-45(7)8)38-64(58)75(67(61)34-52)71-29-47(10)27-69(77(71)81)66-41-60(79)17-19-73(66)83-21-15-20-82-72-18-16-59(78)40-65(72)68-26-46(9)28-70(76(68)80)74-62-36-53(23-43(3)4)48(11)31-56(62)35-57-32-49(12)54(24-44(5)6)37-63(57)74/h16-19,26-45,80-81H,15,20-25H2,1-14H3. The van der Waals surface area contributed by atoms with Crippen LogP contribution in [0.3, 0.4) is 0 Å². The van der Waals surface area contributed by atoms with Gasteiger partial charge < -0.3 is 19.7 Å². The van der Waals surface area contributed by atoms with Crippen molar-refractivity contribution in [3.63, 3.8) is 0 Å². The molecule has 0 heterocycles. The highest BCUT2D eigenvalue weighted by Crippen LogP contribution is 2.50. The molecular formula is C77H82F2O4. The Morgan fingerprint density at radius 3 is 1.16 bits per heavy atom. The van der Waals surface area contributed by atoms with Gasteiger partial charge in [-0.25, -0.2) is 8.78 Å². The van der Waals surface area contributed by atoms with Gasteiger partial charge in [0.1, 0.15) is 34.6 Å². The molecule has 0 aromatic heterocycles. The summed E-state index contributed by atoms with van der Waals surface area (Å²) in [6.45, 7) is 31.1. The van der Waals surface area contributed by atoms with Crippen LogP contribution in [0, 0.1) is 76.8 Å². The summed E-state index contributed by atoms with van der Waals surface area (Å²) in [5.41, 5.74) is 16.9. The van der Waals surface area contributed by atoms with E-state index < -0.39 is 11.6 Å². The largest absolute Gasteiger partial charge is 0.507 e. The Morgan fingerprint density at radius 1 is 0.361 bits per heavy atom. The molecule has 0 bridgehead atoms. The number of phenolic OH excluding ortho intramolecular Hbond substituents is 2. The van der Waals surface area contributed by atoms with Crippen LogP contribution in [0.4, 0.5) is 8.78 Å². The van der Waals surface area contributed by atoms with E-state index in [1.807, 2.05) is 26.0 Å². The summed E-state index contributed by atoms with van der Waals surface area (Å²) >= 11 is 0. The Balaban J connectivity index is 0.984. The maximum atomic E-state index is 15.6. The lowest BCUT2D eigenvalue weighted by molar-refractivity contribution is 0.248. The quantitative estimate of drug-likeness (QED) is 0.0664. The number of halogens is 2. The Labute approximate surface area is 491 Å². The normalized spacial score (nSPS) is 12.0. The van der Waals surface area contributed by atoms with E-state index in [0.29, 0.717) is 75.0 Å². The second-order valence-electron chi connectivity index (χ2n) is 25.7. The van der Waals surface area contributed by atoms with Crippen molar-refractivity contribution in [2.24, 2.45) is 23.7 Å². The molecule has 428 valence electrons. The van der Waals surface area contributed by atoms with E-state index in [-0.39, 0.29) is 24.7 Å². The molecule has 0 radical (unpaired) electrons. The van der Waals surface area contributed by atoms with Crippen LogP contribution in [0.25, 0.3) is 87.6 Å². The zero-order chi connectivity index (χ0) is 59.3. The number of hydrogen-bond acceptors (Lipinski definition) is 4. The molecule has 0 saturated heterocycles. The predicted molar refractivity (Wildman–Crippen MR) is 346 cm³/mol. The maximum Gasteiger partial charge on any atom is 0.131 e. The van der Waals surface area contributed by atoms with Gasteiger partial charge in [0.15, 0.2) is 0 Å². The van der Waals surface area contributed by atoms with Crippen LogP contribution in [0.2, 0.25) is 0 Å². The van der Waals surface area contributed by atoms with Gasteiger partial charge in [-0.05, 0) is 262 Å². The maximum absolute atomic E-state index is 15.6. The zero-order valence-corrected chi connectivity index (χ0v) is 51.3. The Morgan fingerprint density at radius 2 is 0.747 bits per heavy atom. The van der Waals surface area contributed by atoms with Gasteiger partial charge in [0.05, 0.1) is 13.2 Å². The molecule has 0 saturated carbocycles. The minimum atomic E-state index is -0.451. The highest BCUT2D eigenvalue weighted by atomic mass is 19.1. The van der Waals surface area contributed by atoms with Crippen LogP contribution in [0.5, 0.6) is 23.0 Å². The van der Waals surface area contributed by atoms with Crippen LogP contribution in [0.1, 0.15) is 117 Å². The first kappa shape index (κ1) is 58.5. The number of fused-ring (bicyclic) bond motifs is 4. The molecule has 83 heavy (non-hydrogen) atoms. The molecule has 10 aromatic rings. The predicted octanol–water partition coefficient (Wildman–Crippen LogP) is 21.1. The summed E-state index contributed by atoms with van der Waals surface area (Å²) in [5.74, 6) is 1.88. The topological polar surface area (TPSA) is 58.9 Å². The van der Waals surface area contributed by atoms with E-state index in [2.05, 4.69) is 156 Å². The Kier molecular flexibility index (Phi) is 16.8. The van der Waals surface area contributed by atoms with Crippen molar-refractivity contribution in [1.29, 1.82) is 0 Å². The minimum Gasteiger partial charge on any atom is -0.507 e. The van der Waals surface area contributed by atoms with Crippen molar-refractivity contribution in [1.82, 2.24) is 0 Å². The molecule has 0 aliphatic rings. The lowest BCUT2D eigenvalue weighted by atomic mass is 9.84. The molecule has 4 nitrogen and oxygen atoms in total. The summed E-state index contributed by atoms with van der Waals surface area (Å²) in [7, 11) is 0. The van der Waals surface area contributed by atoms with Crippen LogP contribution < -0.4 is 9.47 Å². The summed E-state index contributed by atoms with van der Waals surface area (Å²) < 4.78 is 44.2. The van der Waals surface area contributed by atoms with Crippen LogP contribution in [-0.2, 0) is 25.7 Å². The molecule has 10 aromatic carbocycles. The molecule has 0 fully saturated rings. The van der Waals surface area contributed by atoms with Gasteiger partial charge in [-0.15, -0.1) is 0 Å². The first-order valence-electron chi connectivity index (χ1n) is 30.0. The summed E-state index contributed by atoms with van der Waals surface area (Å²) in [6.07, 6.45) is 4.12. The van der Waals surface area contributed by atoms with Crippen molar-refractivity contribution < 1.29 is 28.5 Å². The smallest absolute Gasteiger partial charge is 0.131 e. The summed E-state index contributed by atoms with van der Waals surface area (Å²) in [6, 6.07) is 39.8. The molecule has 0 aliphatic carbocycles. The molecule has 0 unspecified atom stereocenters. The van der Waals surface area contributed by atoms with Gasteiger partial charge in [-0.1, -0.05) is 104 Å². The Bertz CT molecular complexity index is 4070. The molecular weight excluding hydrogens is 1030 g/mol. The number of benzene rings is 10. The lowest BCUT2D eigenvalue weighted by Crippen LogP contribution is -2.06. The van der Waals surface area contributed by atoms with Crippen molar-refractivity contribution in [3.8, 4) is 67.5 Å². The third-order valence-corrected chi connectivity index (χ3v) is 16.5. The number of aryl methyl sites for hydroxylation is 6. The average Bonchev–Trinajstić information content (AvgIpc) is 1.11. The molecule has 2 N–H and O–H groups in total. The van der Waals surface area contributed by atoms with Crippen LogP contribution in [0.15, 0.2) is 121 Å². The molecule has 0 spiro atoms. The zero-order valence-electron chi connectivity index (χ0n) is 51.3. The summed E-state index contributed by atoms with van der Waals surface area (Å²) in [5, 5.41) is 34.2. The van der Waals surface area contributed by atoms with Gasteiger partial charge in [-0.2, -0.15) is 0 Å². The van der Waals surface area contributed by atoms with Crippen molar-refractivity contribution in [2.75, 3.05) is 13.2 Å². The SMILES string of the molecule is Cc1cc(-c2cc(F)ccc2OCCCOc2ccc(F)cc2-c2cc(C)cc(-c3c4cc(CC(C)C)c(C)cc4cc4c(C)cc(CC(C)C)cc34)c2O)c(O)c(-c2c3cc(CC(C)C)c(C)cc3cc3cc(C)c(CC(C)C)cc23)c1. The Hall–Kier alpha value is -7.70. The molecule has 6 heteroatoms. The van der Waals surface area contributed by atoms with E-state index in [0.717, 1.165) is 91.0 Å². The van der Waals surface area contributed by atoms with E-state index in [1.54, 1.807) is 12.1 Å². The van der Waals surface area contributed by atoms with Crippen LogP contribution in [-0.4, -0.2) is 23.4 Å². The fraction of sp³-hybridized carbons (Fsp3) is 0.325. The highest BCUT2D eigenvalue weighted by molar-refractivity contribution is 6.16. The lowest BCUT2D eigenvalue weighted by Gasteiger charge is -2.21. The minimum absolute atomic E-state index is 0.0529.